The monoisotopic (exact) mass is 349 g/mol. The summed E-state index contributed by atoms with van der Waals surface area (Å²) in [6, 6.07) is -0.804. The van der Waals surface area contributed by atoms with Gasteiger partial charge in [-0.15, -0.1) is 0 Å². The number of carboxylic acids is 1. The molecule has 2 N–H and O–H groups in total. The van der Waals surface area contributed by atoms with Crippen molar-refractivity contribution in [3.05, 3.63) is 36.5 Å². The summed E-state index contributed by atoms with van der Waals surface area (Å²) in [5, 5.41) is 11.2. The molecule has 4 nitrogen and oxygen atoms in total. The molecule has 1 atom stereocenters. The lowest BCUT2D eigenvalue weighted by Crippen LogP contribution is -2.38. The first-order chi connectivity index (χ1) is 12.1. The number of nitrogens with one attached hydrogen (secondary N) is 1. The Bertz CT molecular complexity index is 438. The van der Waals surface area contributed by atoms with E-state index in [0.29, 0.717) is 6.42 Å². The van der Waals surface area contributed by atoms with E-state index in [1.54, 1.807) is 0 Å². The third kappa shape index (κ3) is 16.8. The van der Waals surface area contributed by atoms with Crippen molar-refractivity contribution in [2.75, 3.05) is 0 Å². The van der Waals surface area contributed by atoms with Gasteiger partial charge in [0.15, 0.2) is 0 Å². The van der Waals surface area contributed by atoms with E-state index in [0.717, 1.165) is 44.9 Å². The highest BCUT2D eigenvalue weighted by Crippen LogP contribution is 2.08. The Kier molecular flexibility index (Phi) is 15.7. The van der Waals surface area contributed by atoms with Crippen molar-refractivity contribution in [3.8, 4) is 0 Å². The summed E-state index contributed by atoms with van der Waals surface area (Å²) in [4.78, 5) is 22.1. The summed E-state index contributed by atoms with van der Waals surface area (Å²) in [7, 11) is 0. The van der Waals surface area contributed by atoms with Gasteiger partial charge in [-0.3, -0.25) is 9.59 Å². The number of rotatable bonds is 15. The molecular weight excluding hydrogens is 314 g/mol. The van der Waals surface area contributed by atoms with Crippen molar-refractivity contribution in [2.45, 2.75) is 84.1 Å². The van der Waals surface area contributed by atoms with Crippen LogP contribution in [0.2, 0.25) is 0 Å². The number of carboxylic acid groups (broad SMARTS) is 1. The number of amides is 1. The second kappa shape index (κ2) is 17.0. The number of allylic oxidation sites excluding steroid dienone is 6. The topological polar surface area (TPSA) is 66.4 Å². The first-order valence-corrected chi connectivity index (χ1v) is 9.55. The summed E-state index contributed by atoms with van der Waals surface area (Å²) in [6.45, 7) is 3.62. The first kappa shape index (κ1) is 23.2. The number of aliphatic carboxylic acids is 1. The zero-order chi connectivity index (χ0) is 18.8. The van der Waals surface area contributed by atoms with Crippen LogP contribution < -0.4 is 5.32 Å². The Morgan fingerprint density at radius 3 is 2.08 bits per heavy atom. The van der Waals surface area contributed by atoms with Crippen LogP contribution in [0.4, 0.5) is 0 Å². The van der Waals surface area contributed by atoms with Gasteiger partial charge in [0.05, 0.1) is 0 Å². The predicted molar refractivity (Wildman–Crippen MR) is 105 cm³/mol. The minimum atomic E-state index is -0.995. The van der Waals surface area contributed by atoms with Crippen molar-refractivity contribution < 1.29 is 14.7 Å². The van der Waals surface area contributed by atoms with E-state index in [-0.39, 0.29) is 5.91 Å². The molecule has 0 saturated heterocycles. The smallest absolute Gasteiger partial charge is 0.325 e. The molecule has 142 valence electrons. The number of hydrogen-bond donors (Lipinski definition) is 2. The fraction of sp³-hybridized carbons (Fsp3) is 0.619. The Hall–Kier alpha value is -1.84. The van der Waals surface area contributed by atoms with Crippen LogP contribution in [-0.4, -0.2) is 23.0 Å². The van der Waals surface area contributed by atoms with Crippen LogP contribution >= 0.6 is 0 Å². The molecular formula is C21H35NO3. The average Bonchev–Trinajstić information content (AvgIpc) is 2.58. The minimum absolute atomic E-state index is 0.170. The van der Waals surface area contributed by atoms with Crippen molar-refractivity contribution in [3.63, 3.8) is 0 Å². The second-order valence-corrected chi connectivity index (χ2v) is 6.23. The van der Waals surface area contributed by atoms with Crippen molar-refractivity contribution in [1.82, 2.24) is 5.32 Å². The first-order valence-electron chi connectivity index (χ1n) is 9.55. The molecule has 0 aliphatic rings. The molecule has 0 heterocycles. The van der Waals surface area contributed by atoms with Crippen LogP contribution in [0.25, 0.3) is 0 Å². The average molecular weight is 350 g/mol. The molecule has 1 unspecified atom stereocenters. The maximum Gasteiger partial charge on any atom is 0.325 e. The van der Waals surface area contributed by atoms with Gasteiger partial charge < -0.3 is 10.4 Å². The van der Waals surface area contributed by atoms with E-state index in [1.165, 1.54) is 19.8 Å². The van der Waals surface area contributed by atoms with Crippen LogP contribution in [-0.2, 0) is 9.59 Å². The van der Waals surface area contributed by atoms with E-state index in [1.807, 2.05) is 0 Å². The van der Waals surface area contributed by atoms with Gasteiger partial charge in [0, 0.05) is 6.42 Å². The normalized spacial score (nSPS) is 13.0. The molecule has 0 saturated carbocycles. The number of carbonyl (C=O) groups excluding carboxylic acids is 1. The third-order valence-corrected chi connectivity index (χ3v) is 3.80. The number of carbonyl (C=O) groups is 2. The highest BCUT2D eigenvalue weighted by Gasteiger charge is 2.12. The van der Waals surface area contributed by atoms with E-state index in [4.69, 9.17) is 5.11 Å². The molecule has 25 heavy (non-hydrogen) atoms. The van der Waals surface area contributed by atoms with Gasteiger partial charge >= 0.3 is 5.97 Å². The van der Waals surface area contributed by atoms with Gasteiger partial charge in [-0.05, 0) is 45.4 Å². The molecule has 4 heteroatoms. The lowest BCUT2D eigenvalue weighted by molar-refractivity contribution is -0.141. The van der Waals surface area contributed by atoms with Gasteiger partial charge in [-0.25, -0.2) is 0 Å². The molecule has 0 aliphatic heterocycles. The Morgan fingerprint density at radius 1 is 0.880 bits per heavy atom. The van der Waals surface area contributed by atoms with E-state index in [9.17, 15) is 9.59 Å². The van der Waals surface area contributed by atoms with E-state index < -0.39 is 12.0 Å². The van der Waals surface area contributed by atoms with Crippen LogP contribution in [0, 0.1) is 0 Å². The lowest BCUT2D eigenvalue weighted by Gasteiger charge is -2.08. The second-order valence-electron chi connectivity index (χ2n) is 6.23. The van der Waals surface area contributed by atoms with Crippen molar-refractivity contribution in [2.24, 2.45) is 0 Å². The molecule has 0 bridgehead atoms. The molecule has 0 aliphatic carbocycles. The summed E-state index contributed by atoms with van der Waals surface area (Å²) >= 11 is 0. The molecule has 0 rings (SSSR count). The molecule has 1 amide bonds. The number of hydrogen-bond acceptors (Lipinski definition) is 2. The fourth-order valence-electron chi connectivity index (χ4n) is 2.28. The SMILES string of the molecule is CC/C=C\C/C=C\C/C=C\CCCCCCCC(=O)NC(C)C(=O)O. The van der Waals surface area contributed by atoms with Gasteiger partial charge in [-0.1, -0.05) is 62.6 Å². The Labute approximate surface area is 153 Å². The molecule has 0 spiro atoms. The van der Waals surface area contributed by atoms with Gasteiger partial charge in [0.25, 0.3) is 0 Å². The summed E-state index contributed by atoms with van der Waals surface area (Å²) < 4.78 is 0. The molecule has 0 aromatic heterocycles. The van der Waals surface area contributed by atoms with Crippen LogP contribution in [0.5, 0.6) is 0 Å². The van der Waals surface area contributed by atoms with Crippen molar-refractivity contribution >= 4 is 11.9 Å². The third-order valence-electron chi connectivity index (χ3n) is 3.80. The molecule has 0 radical (unpaired) electrons. The van der Waals surface area contributed by atoms with Crippen LogP contribution in [0.3, 0.4) is 0 Å². The molecule has 0 aromatic rings. The summed E-state index contributed by atoms with van der Waals surface area (Å²) in [5.41, 5.74) is 0. The van der Waals surface area contributed by atoms with Crippen LogP contribution in [0.15, 0.2) is 36.5 Å². The largest absolute Gasteiger partial charge is 0.480 e. The standard InChI is InChI=1S/C21H35NO3/c1-3-4-5-6-7-8-9-10-11-12-13-14-15-16-17-18-20(23)22-19(2)21(24)25/h4-5,7-8,10-11,19H,3,6,9,12-18H2,1-2H3,(H,22,23)(H,24,25)/b5-4-,8-7-,11-10-. The van der Waals surface area contributed by atoms with E-state index >= 15 is 0 Å². The van der Waals surface area contributed by atoms with E-state index in [2.05, 4.69) is 48.7 Å². The van der Waals surface area contributed by atoms with Gasteiger partial charge in [-0.2, -0.15) is 0 Å². The van der Waals surface area contributed by atoms with Gasteiger partial charge in [0.1, 0.15) is 6.04 Å². The summed E-state index contributed by atoms with van der Waals surface area (Å²) in [6.07, 6.45) is 23.2. The Morgan fingerprint density at radius 2 is 1.44 bits per heavy atom. The predicted octanol–water partition coefficient (Wildman–Crippen LogP) is 5.17. The van der Waals surface area contributed by atoms with Crippen LogP contribution in [0.1, 0.15) is 78.1 Å². The highest BCUT2D eigenvalue weighted by atomic mass is 16.4. The maximum absolute atomic E-state index is 11.5. The van der Waals surface area contributed by atoms with Crippen molar-refractivity contribution in [1.29, 1.82) is 0 Å². The zero-order valence-electron chi connectivity index (χ0n) is 15.9. The quantitative estimate of drug-likeness (QED) is 0.317. The highest BCUT2D eigenvalue weighted by molar-refractivity contribution is 5.83. The molecule has 0 fully saturated rings. The Balaban J connectivity index is 3.41. The van der Waals surface area contributed by atoms with Gasteiger partial charge in [0.2, 0.25) is 5.91 Å². The lowest BCUT2D eigenvalue weighted by atomic mass is 10.1. The fourth-order valence-corrected chi connectivity index (χ4v) is 2.28. The minimum Gasteiger partial charge on any atom is -0.480 e. The number of unbranched alkanes of at least 4 members (excludes halogenated alkanes) is 5. The maximum atomic E-state index is 11.5. The molecule has 0 aromatic carbocycles. The zero-order valence-corrected chi connectivity index (χ0v) is 15.9. The summed E-state index contributed by atoms with van der Waals surface area (Å²) in [5.74, 6) is -1.17.